The highest BCUT2D eigenvalue weighted by Gasteiger charge is 2.24. The standard InChI is InChI=1S/C12H11BrN2OS/c13-12-6-9(16-15-12)11-4-3-10(17-11)8-2-1-5-14-7-8/h1-5,8-9H,6-7H2/t8?,9-/m1/s1. The first-order valence-electron chi connectivity index (χ1n) is 5.47. The summed E-state index contributed by atoms with van der Waals surface area (Å²) in [5.41, 5.74) is 0. The summed E-state index contributed by atoms with van der Waals surface area (Å²) in [7, 11) is 0. The van der Waals surface area contributed by atoms with Gasteiger partial charge < -0.3 is 4.84 Å². The molecule has 2 aliphatic heterocycles. The zero-order chi connectivity index (χ0) is 11.7. The molecule has 1 aromatic heterocycles. The predicted octanol–water partition coefficient (Wildman–Crippen LogP) is 3.64. The average molecular weight is 311 g/mol. The van der Waals surface area contributed by atoms with Gasteiger partial charge in [0.2, 0.25) is 0 Å². The molecule has 0 spiro atoms. The lowest BCUT2D eigenvalue weighted by Gasteiger charge is -2.10. The summed E-state index contributed by atoms with van der Waals surface area (Å²) in [5, 5.41) is 3.92. The third kappa shape index (κ3) is 2.35. The summed E-state index contributed by atoms with van der Waals surface area (Å²) < 4.78 is 0.889. The quantitative estimate of drug-likeness (QED) is 0.821. The first kappa shape index (κ1) is 11.2. The Labute approximate surface area is 112 Å². The van der Waals surface area contributed by atoms with Crippen LogP contribution in [0.2, 0.25) is 0 Å². The molecule has 0 N–H and O–H groups in total. The van der Waals surface area contributed by atoms with Crippen molar-refractivity contribution < 1.29 is 4.84 Å². The van der Waals surface area contributed by atoms with Crippen LogP contribution in [0, 0.1) is 0 Å². The second-order valence-electron chi connectivity index (χ2n) is 4.01. The topological polar surface area (TPSA) is 34.0 Å². The third-order valence-corrected chi connectivity index (χ3v) is 4.58. The molecule has 88 valence electrons. The molecule has 3 nitrogen and oxygen atoms in total. The highest BCUT2D eigenvalue weighted by atomic mass is 79.9. The van der Waals surface area contributed by atoms with E-state index in [1.807, 2.05) is 12.3 Å². The second kappa shape index (κ2) is 4.74. The van der Waals surface area contributed by atoms with E-state index in [0.29, 0.717) is 5.92 Å². The van der Waals surface area contributed by atoms with Crippen molar-refractivity contribution in [3.05, 3.63) is 34.0 Å². The van der Waals surface area contributed by atoms with Crippen molar-refractivity contribution in [2.24, 2.45) is 10.1 Å². The van der Waals surface area contributed by atoms with Crippen LogP contribution in [0.3, 0.4) is 0 Å². The van der Waals surface area contributed by atoms with Crippen LogP contribution in [-0.4, -0.2) is 17.4 Å². The fourth-order valence-electron chi connectivity index (χ4n) is 1.91. The predicted molar refractivity (Wildman–Crippen MR) is 74.4 cm³/mol. The summed E-state index contributed by atoms with van der Waals surface area (Å²) in [4.78, 5) is 12.2. The van der Waals surface area contributed by atoms with Crippen molar-refractivity contribution in [3.63, 3.8) is 0 Å². The largest absolute Gasteiger partial charge is 0.386 e. The number of allylic oxidation sites excluding steroid dienone is 1. The van der Waals surface area contributed by atoms with E-state index >= 15 is 0 Å². The third-order valence-electron chi connectivity index (χ3n) is 2.80. The van der Waals surface area contributed by atoms with Gasteiger partial charge in [-0.05, 0) is 34.1 Å². The smallest absolute Gasteiger partial charge is 0.167 e. The number of hydrogen-bond acceptors (Lipinski definition) is 4. The Hall–Kier alpha value is -0.940. The van der Waals surface area contributed by atoms with E-state index in [1.165, 1.54) is 9.75 Å². The molecule has 0 aliphatic carbocycles. The number of nitrogens with zero attached hydrogens (tertiary/aromatic N) is 2. The van der Waals surface area contributed by atoms with Gasteiger partial charge in [-0.15, -0.1) is 11.3 Å². The Bertz CT molecular complexity index is 506. The number of thiophene rings is 1. The maximum absolute atomic E-state index is 5.36. The molecular weight excluding hydrogens is 300 g/mol. The van der Waals surface area contributed by atoms with Gasteiger partial charge in [0.25, 0.3) is 0 Å². The Morgan fingerprint density at radius 2 is 2.24 bits per heavy atom. The molecule has 1 unspecified atom stereocenters. The van der Waals surface area contributed by atoms with Gasteiger partial charge in [-0.25, -0.2) is 0 Å². The number of aliphatic imine (C=N–C) groups is 1. The lowest BCUT2D eigenvalue weighted by molar-refractivity contribution is 0.0884. The van der Waals surface area contributed by atoms with Crippen molar-refractivity contribution in [2.75, 3.05) is 6.54 Å². The molecule has 0 bridgehead atoms. The normalized spacial score (nSPS) is 27.0. The second-order valence-corrected chi connectivity index (χ2v) is 6.07. The van der Waals surface area contributed by atoms with E-state index < -0.39 is 0 Å². The number of rotatable bonds is 2. The maximum Gasteiger partial charge on any atom is 0.167 e. The van der Waals surface area contributed by atoms with E-state index in [-0.39, 0.29) is 6.10 Å². The van der Waals surface area contributed by atoms with E-state index in [9.17, 15) is 0 Å². The van der Waals surface area contributed by atoms with Crippen molar-refractivity contribution in [2.45, 2.75) is 18.4 Å². The molecule has 0 fully saturated rings. The van der Waals surface area contributed by atoms with Gasteiger partial charge in [-0.2, -0.15) is 0 Å². The van der Waals surface area contributed by atoms with Gasteiger partial charge in [-0.1, -0.05) is 11.2 Å². The van der Waals surface area contributed by atoms with Crippen LogP contribution in [-0.2, 0) is 4.84 Å². The zero-order valence-corrected chi connectivity index (χ0v) is 11.4. The summed E-state index contributed by atoms with van der Waals surface area (Å²) in [5.74, 6) is 0.421. The van der Waals surface area contributed by atoms with E-state index in [2.05, 4.69) is 44.3 Å². The SMILES string of the molecule is BrC1=NO[C@@H](c2ccc(C3C=CC=NC3)s2)C1. The molecule has 1 aromatic rings. The minimum atomic E-state index is 0.0826. The van der Waals surface area contributed by atoms with Crippen LogP contribution in [0.25, 0.3) is 0 Å². The molecule has 2 aliphatic rings. The minimum absolute atomic E-state index is 0.0826. The van der Waals surface area contributed by atoms with Crippen molar-refractivity contribution in [3.8, 4) is 0 Å². The fraction of sp³-hybridized carbons (Fsp3) is 0.333. The van der Waals surface area contributed by atoms with E-state index in [0.717, 1.165) is 17.6 Å². The van der Waals surface area contributed by atoms with Gasteiger partial charge >= 0.3 is 0 Å². The first-order valence-corrected chi connectivity index (χ1v) is 7.08. The van der Waals surface area contributed by atoms with Gasteiger partial charge in [0.15, 0.2) is 6.10 Å². The number of oxime groups is 1. The lowest BCUT2D eigenvalue weighted by atomic mass is 10.1. The molecule has 2 atom stereocenters. The monoisotopic (exact) mass is 310 g/mol. The van der Waals surface area contributed by atoms with Crippen molar-refractivity contribution in [1.82, 2.24) is 0 Å². The average Bonchev–Trinajstić information content (AvgIpc) is 2.98. The molecule has 5 heteroatoms. The highest BCUT2D eigenvalue weighted by molar-refractivity contribution is 9.18. The molecule has 0 amide bonds. The molecule has 17 heavy (non-hydrogen) atoms. The number of hydrogen-bond donors (Lipinski definition) is 0. The molecule has 3 rings (SSSR count). The number of halogens is 1. The number of dihydropyridines is 1. The van der Waals surface area contributed by atoms with Gasteiger partial charge in [0, 0.05) is 28.3 Å². The maximum atomic E-state index is 5.36. The Morgan fingerprint density at radius 3 is 2.94 bits per heavy atom. The van der Waals surface area contributed by atoms with Crippen molar-refractivity contribution in [1.29, 1.82) is 0 Å². The lowest BCUT2D eigenvalue weighted by Crippen LogP contribution is -2.00. The summed E-state index contributed by atoms with van der Waals surface area (Å²) >= 11 is 5.15. The van der Waals surface area contributed by atoms with E-state index in [4.69, 9.17) is 4.84 Å². The van der Waals surface area contributed by atoms with Crippen LogP contribution < -0.4 is 0 Å². The van der Waals surface area contributed by atoms with Crippen molar-refractivity contribution >= 4 is 38.1 Å². The van der Waals surface area contributed by atoms with Gasteiger partial charge in [0.05, 0.1) is 6.54 Å². The Kier molecular flexibility index (Phi) is 3.11. The zero-order valence-electron chi connectivity index (χ0n) is 9.04. The van der Waals surface area contributed by atoms with Gasteiger partial charge in [-0.3, -0.25) is 4.99 Å². The van der Waals surface area contributed by atoms with Crippen LogP contribution in [0.1, 0.15) is 28.2 Å². The molecular formula is C12H11BrN2OS. The van der Waals surface area contributed by atoms with Crippen LogP contribution in [0.15, 0.2) is 34.4 Å². The van der Waals surface area contributed by atoms with Crippen LogP contribution in [0.5, 0.6) is 0 Å². The Morgan fingerprint density at radius 1 is 1.35 bits per heavy atom. The van der Waals surface area contributed by atoms with Crippen LogP contribution >= 0.6 is 27.3 Å². The first-order chi connectivity index (χ1) is 8.33. The molecule has 0 saturated carbocycles. The van der Waals surface area contributed by atoms with E-state index in [1.54, 1.807) is 11.3 Å². The summed E-state index contributed by atoms with van der Waals surface area (Å²) in [6.07, 6.45) is 6.98. The summed E-state index contributed by atoms with van der Waals surface area (Å²) in [6.45, 7) is 0.849. The molecule has 0 aromatic carbocycles. The fourth-order valence-corrected chi connectivity index (χ4v) is 3.39. The molecule has 0 saturated heterocycles. The summed E-state index contributed by atoms with van der Waals surface area (Å²) in [6, 6.07) is 4.31. The molecule has 3 heterocycles. The van der Waals surface area contributed by atoms with Crippen LogP contribution in [0.4, 0.5) is 0 Å². The molecule has 0 radical (unpaired) electrons. The Balaban J connectivity index is 1.74. The minimum Gasteiger partial charge on any atom is -0.386 e. The highest BCUT2D eigenvalue weighted by Crippen LogP contribution is 2.36. The van der Waals surface area contributed by atoms with Gasteiger partial charge in [0.1, 0.15) is 4.62 Å².